The molecule has 6 heteroatoms. The second-order valence-electron chi connectivity index (χ2n) is 6.53. The van der Waals surface area contributed by atoms with Crippen molar-refractivity contribution in [1.82, 2.24) is 9.21 Å². The fourth-order valence-electron chi connectivity index (χ4n) is 3.55. The molecule has 0 radical (unpaired) electrons. The van der Waals surface area contributed by atoms with E-state index in [2.05, 4.69) is 0 Å². The van der Waals surface area contributed by atoms with Gasteiger partial charge in [0.2, 0.25) is 15.9 Å². The fourth-order valence-corrected chi connectivity index (χ4v) is 4.42. The van der Waals surface area contributed by atoms with Crippen molar-refractivity contribution in [2.45, 2.75) is 57.4 Å². The molecule has 1 saturated heterocycles. The van der Waals surface area contributed by atoms with E-state index >= 15 is 0 Å². The maximum absolute atomic E-state index is 12.6. The second kappa shape index (κ2) is 7.09. The lowest BCUT2D eigenvalue weighted by Crippen LogP contribution is -2.45. The van der Waals surface area contributed by atoms with Gasteiger partial charge in [-0.2, -0.15) is 0 Å². The van der Waals surface area contributed by atoms with Crippen LogP contribution in [0.5, 0.6) is 0 Å². The molecule has 2 aliphatic rings. The highest BCUT2D eigenvalue weighted by Gasteiger charge is 2.32. The summed E-state index contributed by atoms with van der Waals surface area (Å²) in [7, 11) is -1.18. The van der Waals surface area contributed by atoms with Crippen molar-refractivity contribution >= 4 is 15.9 Å². The van der Waals surface area contributed by atoms with E-state index in [1.807, 2.05) is 11.9 Å². The molecule has 0 N–H and O–H groups in total. The summed E-state index contributed by atoms with van der Waals surface area (Å²) in [5.41, 5.74) is 0. The molecule has 2 rings (SSSR count). The molecule has 1 aliphatic heterocycles. The van der Waals surface area contributed by atoms with Crippen molar-refractivity contribution in [2.24, 2.45) is 5.92 Å². The lowest BCUT2D eigenvalue weighted by molar-refractivity contribution is -0.137. The van der Waals surface area contributed by atoms with Crippen LogP contribution in [0.25, 0.3) is 0 Å². The van der Waals surface area contributed by atoms with E-state index in [1.54, 1.807) is 0 Å². The third-order valence-electron chi connectivity index (χ3n) is 4.99. The summed E-state index contributed by atoms with van der Waals surface area (Å²) in [5, 5.41) is 0. The summed E-state index contributed by atoms with van der Waals surface area (Å²) in [6, 6.07) is 0.382. The number of rotatable bonds is 3. The van der Waals surface area contributed by atoms with Gasteiger partial charge in [0, 0.05) is 32.1 Å². The number of hydrogen-bond donors (Lipinski definition) is 0. The molecule has 1 amide bonds. The number of piperidine rings is 1. The van der Waals surface area contributed by atoms with Crippen LogP contribution < -0.4 is 0 Å². The summed E-state index contributed by atoms with van der Waals surface area (Å²) in [4.78, 5) is 14.6. The zero-order chi connectivity index (χ0) is 15.5. The number of carbonyl (C=O) groups excluding carboxylic acids is 1. The van der Waals surface area contributed by atoms with E-state index in [1.165, 1.54) is 36.2 Å². The number of carbonyl (C=O) groups is 1. The predicted molar refractivity (Wildman–Crippen MR) is 83.4 cm³/mol. The monoisotopic (exact) mass is 316 g/mol. The molecule has 0 unspecified atom stereocenters. The van der Waals surface area contributed by atoms with Crippen LogP contribution >= 0.6 is 0 Å². The lowest BCUT2D eigenvalue weighted by Gasteiger charge is -2.34. The Morgan fingerprint density at radius 2 is 1.52 bits per heavy atom. The van der Waals surface area contributed by atoms with Crippen LogP contribution in [0.15, 0.2) is 0 Å². The zero-order valence-corrected chi connectivity index (χ0v) is 14.1. The molecule has 1 aliphatic carbocycles. The molecular formula is C15H28N2O3S. The first-order valence-corrected chi connectivity index (χ1v) is 9.96. The van der Waals surface area contributed by atoms with Gasteiger partial charge in [-0.15, -0.1) is 0 Å². The fraction of sp³-hybridized carbons (Fsp3) is 0.933. The maximum Gasteiger partial charge on any atom is 0.225 e. The van der Waals surface area contributed by atoms with Gasteiger partial charge in [-0.3, -0.25) is 4.79 Å². The number of hydrogen-bond acceptors (Lipinski definition) is 3. The Balaban J connectivity index is 1.88. The van der Waals surface area contributed by atoms with E-state index in [4.69, 9.17) is 0 Å². The Morgan fingerprint density at radius 3 is 2.00 bits per heavy atom. The SMILES string of the molecule is CN(C(=O)C1CCN(S(C)(=O)=O)CC1)C1CCCCCC1. The van der Waals surface area contributed by atoms with Crippen LogP contribution in [0.1, 0.15) is 51.4 Å². The molecule has 1 saturated carbocycles. The molecule has 1 heterocycles. The summed E-state index contributed by atoms with van der Waals surface area (Å²) in [5.74, 6) is 0.214. The van der Waals surface area contributed by atoms with Gasteiger partial charge in [0.15, 0.2) is 0 Å². The van der Waals surface area contributed by atoms with Gasteiger partial charge >= 0.3 is 0 Å². The van der Waals surface area contributed by atoms with Gasteiger partial charge in [0.25, 0.3) is 0 Å². The van der Waals surface area contributed by atoms with E-state index in [-0.39, 0.29) is 11.8 Å². The molecule has 0 atom stereocenters. The third kappa shape index (κ3) is 4.42. The second-order valence-corrected chi connectivity index (χ2v) is 8.51. The quantitative estimate of drug-likeness (QED) is 0.747. The van der Waals surface area contributed by atoms with E-state index in [9.17, 15) is 13.2 Å². The largest absolute Gasteiger partial charge is 0.343 e. The Morgan fingerprint density at radius 1 is 1.00 bits per heavy atom. The van der Waals surface area contributed by atoms with Gasteiger partial charge < -0.3 is 4.90 Å². The van der Waals surface area contributed by atoms with E-state index in [0.717, 1.165) is 12.8 Å². The Labute approximate surface area is 128 Å². The minimum absolute atomic E-state index is 0.00347. The van der Waals surface area contributed by atoms with Crippen molar-refractivity contribution in [3.8, 4) is 0 Å². The minimum Gasteiger partial charge on any atom is -0.343 e. The summed E-state index contributed by atoms with van der Waals surface area (Å²) in [6.07, 6.45) is 9.79. The first kappa shape index (κ1) is 16.7. The first-order valence-electron chi connectivity index (χ1n) is 8.11. The molecule has 0 spiro atoms. The Hall–Kier alpha value is -0.620. The van der Waals surface area contributed by atoms with Crippen LogP contribution in [0, 0.1) is 5.92 Å². The van der Waals surface area contributed by atoms with Crippen LogP contribution in [0.4, 0.5) is 0 Å². The van der Waals surface area contributed by atoms with Crippen LogP contribution in [0.2, 0.25) is 0 Å². The molecular weight excluding hydrogens is 288 g/mol. The average Bonchev–Trinajstić information content (AvgIpc) is 2.74. The van der Waals surface area contributed by atoms with Crippen LogP contribution in [0.3, 0.4) is 0 Å². The van der Waals surface area contributed by atoms with E-state index < -0.39 is 10.0 Å². The van der Waals surface area contributed by atoms with Crippen molar-refractivity contribution < 1.29 is 13.2 Å². The lowest BCUT2D eigenvalue weighted by atomic mass is 9.95. The Kier molecular flexibility index (Phi) is 5.66. The molecule has 0 aromatic carbocycles. The number of nitrogens with zero attached hydrogens (tertiary/aromatic N) is 2. The van der Waals surface area contributed by atoms with Gasteiger partial charge in [-0.25, -0.2) is 12.7 Å². The number of sulfonamides is 1. The molecule has 21 heavy (non-hydrogen) atoms. The zero-order valence-electron chi connectivity index (χ0n) is 13.3. The van der Waals surface area contributed by atoms with Gasteiger partial charge in [0.05, 0.1) is 6.26 Å². The molecule has 2 fully saturated rings. The Bertz CT molecular complexity index is 448. The summed E-state index contributed by atoms with van der Waals surface area (Å²) < 4.78 is 24.5. The first-order chi connectivity index (χ1) is 9.89. The van der Waals surface area contributed by atoms with Crippen molar-refractivity contribution in [1.29, 1.82) is 0 Å². The van der Waals surface area contributed by atoms with Crippen molar-refractivity contribution in [3.63, 3.8) is 0 Å². The van der Waals surface area contributed by atoms with Gasteiger partial charge in [-0.1, -0.05) is 25.7 Å². The molecule has 0 bridgehead atoms. The van der Waals surface area contributed by atoms with Crippen LogP contribution in [-0.2, 0) is 14.8 Å². The standard InChI is InChI=1S/C15H28N2O3S/c1-16(14-7-5-3-4-6-8-14)15(18)13-9-11-17(12-10-13)21(2,19)20/h13-14H,3-12H2,1-2H3. The predicted octanol–water partition coefficient (Wildman–Crippen LogP) is 1.84. The summed E-state index contributed by atoms with van der Waals surface area (Å²) in [6.45, 7) is 0.960. The molecule has 0 aromatic heterocycles. The normalized spacial score (nSPS) is 23.7. The van der Waals surface area contributed by atoms with Crippen molar-refractivity contribution in [3.05, 3.63) is 0 Å². The molecule has 0 aromatic rings. The third-order valence-corrected chi connectivity index (χ3v) is 6.30. The van der Waals surface area contributed by atoms with Crippen molar-refractivity contribution in [2.75, 3.05) is 26.4 Å². The van der Waals surface area contributed by atoms with Gasteiger partial charge in [0.1, 0.15) is 0 Å². The highest BCUT2D eigenvalue weighted by Crippen LogP contribution is 2.26. The molecule has 122 valence electrons. The summed E-state index contributed by atoms with van der Waals surface area (Å²) >= 11 is 0. The van der Waals surface area contributed by atoms with Crippen LogP contribution in [-0.4, -0.2) is 56.0 Å². The average molecular weight is 316 g/mol. The molecule has 5 nitrogen and oxygen atoms in total. The minimum atomic E-state index is -3.11. The topological polar surface area (TPSA) is 57.7 Å². The van der Waals surface area contributed by atoms with E-state index in [0.29, 0.717) is 32.0 Å². The van der Waals surface area contributed by atoms with Gasteiger partial charge in [-0.05, 0) is 25.7 Å². The highest BCUT2D eigenvalue weighted by molar-refractivity contribution is 7.88. The smallest absolute Gasteiger partial charge is 0.225 e. The maximum atomic E-state index is 12.6. The highest BCUT2D eigenvalue weighted by atomic mass is 32.2. The number of amides is 1.